The molecule has 1 aromatic carbocycles. The molecule has 0 bridgehead atoms. The van der Waals surface area contributed by atoms with Crippen LogP contribution in [0.4, 0.5) is 10.6 Å². The summed E-state index contributed by atoms with van der Waals surface area (Å²) in [5.41, 5.74) is 2.69. The number of nitrogens with one attached hydrogen (secondary N) is 1. The van der Waals surface area contributed by atoms with Gasteiger partial charge in [0, 0.05) is 63.4 Å². The number of pyridine rings is 1. The van der Waals surface area contributed by atoms with Crippen LogP contribution < -0.4 is 10.1 Å². The Bertz CT molecular complexity index is 1190. The Hall–Kier alpha value is -3.89. The maximum absolute atomic E-state index is 12.7. The van der Waals surface area contributed by atoms with E-state index < -0.39 is 6.09 Å². The van der Waals surface area contributed by atoms with Crippen molar-refractivity contribution in [3.05, 3.63) is 78.0 Å². The summed E-state index contributed by atoms with van der Waals surface area (Å²) in [4.78, 5) is 44.3. The molecule has 0 spiro atoms. The average Bonchev–Trinajstić information content (AvgIpc) is 2.96. The van der Waals surface area contributed by atoms with Crippen molar-refractivity contribution in [2.24, 2.45) is 0 Å². The van der Waals surface area contributed by atoms with E-state index >= 15 is 0 Å². The van der Waals surface area contributed by atoms with Crippen LogP contribution in [0.5, 0.6) is 5.75 Å². The summed E-state index contributed by atoms with van der Waals surface area (Å²) < 4.78 is 5.49. The first kappa shape index (κ1) is 25.7. The van der Waals surface area contributed by atoms with Crippen molar-refractivity contribution in [2.45, 2.75) is 32.4 Å². The number of piperidine rings is 1. The Labute approximate surface area is 222 Å². The highest BCUT2D eigenvalue weighted by molar-refractivity contribution is 6.03. The van der Waals surface area contributed by atoms with E-state index in [1.807, 2.05) is 24.3 Å². The van der Waals surface area contributed by atoms with Crippen LogP contribution in [0.1, 0.15) is 40.9 Å². The van der Waals surface area contributed by atoms with Crippen LogP contribution in [0.3, 0.4) is 0 Å². The van der Waals surface area contributed by atoms with Crippen LogP contribution in [0, 0.1) is 0 Å². The molecule has 198 valence electrons. The number of aromatic nitrogens is 3. The maximum Gasteiger partial charge on any atom is 0.415 e. The number of anilines is 1. The van der Waals surface area contributed by atoms with Gasteiger partial charge in [0.1, 0.15) is 5.82 Å². The Morgan fingerprint density at radius 2 is 1.55 bits per heavy atom. The highest BCUT2D eigenvalue weighted by atomic mass is 16.6. The smallest absolute Gasteiger partial charge is 0.409 e. The lowest BCUT2D eigenvalue weighted by Crippen LogP contribution is -2.49. The molecule has 0 unspecified atom stereocenters. The van der Waals surface area contributed by atoms with Crippen LogP contribution in [0.15, 0.2) is 61.2 Å². The summed E-state index contributed by atoms with van der Waals surface area (Å²) in [5.74, 6) is 0.494. The van der Waals surface area contributed by atoms with Gasteiger partial charge in [0.25, 0.3) is 5.91 Å². The number of ether oxygens (including phenoxy) is 1. The van der Waals surface area contributed by atoms with Gasteiger partial charge in [0.2, 0.25) is 0 Å². The molecule has 1 N–H and O–H groups in total. The van der Waals surface area contributed by atoms with Gasteiger partial charge in [0.05, 0.1) is 11.9 Å². The Kier molecular flexibility index (Phi) is 8.52. The van der Waals surface area contributed by atoms with Crippen molar-refractivity contribution >= 4 is 17.8 Å². The first-order chi connectivity index (χ1) is 18.6. The predicted molar refractivity (Wildman–Crippen MR) is 143 cm³/mol. The van der Waals surface area contributed by atoms with Crippen molar-refractivity contribution in [2.75, 3.05) is 44.6 Å². The Morgan fingerprint density at radius 1 is 0.789 bits per heavy atom. The minimum atomic E-state index is -0.410. The van der Waals surface area contributed by atoms with E-state index in [2.05, 4.69) is 30.1 Å². The number of carbonyl (C=O) groups excluding carboxylic acids is 2. The summed E-state index contributed by atoms with van der Waals surface area (Å²) in [6, 6.07) is 11.0. The molecule has 0 radical (unpaired) electrons. The number of rotatable bonds is 7. The van der Waals surface area contributed by atoms with Crippen molar-refractivity contribution in [3.63, 3.8) is 0 Å². The fourth-order valence-electron chi connectivity index (χ4n) is 4.73. The zero-order valence-electron chi connectivity index (χ0n) is 21.5. The largest absolute Gasteiger partial charge is 0.415 e. The Morgan fingerprint density at radius 3 is 2.24 bits per heavy atom. The number of benzene rings is 1. The van der Waals surface area contributed by atoms with E-state index in [1.54, 1.807) is 35.6 Å². The van der Waals surface area contributed by atoms with Gasteiger partial charge in [-0.1, -0.05) is 18.6 Å². The normalized spacial score (nSPS) is 16.7. The molecule has 2 fully saturated rings. The number of amides is 2. The predicted octanol–water partition coefficient (Wildman–Crippen LogP) is 3.43. The molecule has 0 saturated carbocycles. The number of likely N-dealkylation sites (tertiary alicyclic amines) is 1. The van der Waals surface area contributed by atoms with Crippen molar-refractivity contribution in [3.8, 4) is 5.75 Å². The average molecular weight is 516 g/mol. The number of nitrogens with zero attached hydrogens (tertiary/aromatic N) is 6. The summed E-state index contributed by atoms with van der Waals surface area (Å²) in [6.45, 7) is 6.50. The fourth-order valence-corrected chi connectivity index (χ4v) is 4.73. The van der Waals surface area contributed by atoms with Gasteiger partial charge < -0.3 is 15.0 Å². The lowest BCUT2D eigenvalue weighted by Gasteiger charge is -2.33. The van der Waals surface area contributed by atoms with Crippen LogP contribution in [-0.2, 0) is 13.1 Å². The third kappa shape index (κ3) is 7.11. The van der Waals surface area contributed by atoms with Gasteiger partial charge in [0.15, 0.2) is 5.75 Å². The van der Waals surface area contributed by atoms with Gasteiger partial charge in [-0.15, -0.1) is 0 Å². The number of piperazine rings is 1. The van der Waals surface area contributed by atoms with Gasteiger partial charge in [-0.25, -0.2) is 9.78 Å². The molecule has 2 aliphatic heterocycles. The molecule has 2 saturated heterocycles. The molecule has 38 heavy (non-hydrogen) atoms. The third-order valence-electron chi connectivity index (χ3n) is 6.89. The van der Waals surface area contributed by atoms with Gasteiger partial charge >= 0.3 is 6.09 Å². The SMILES string of the molecule is O=C(Nc1ccc(OC(=O)N2CCN(Cc3cnccn3)CC2)cn1)c1ccc(CN2CCCCC2)cc1. The van der Waals surface area contributed by atoms with E-state index in [0.717, 1.165) is 38.4 Å². The van der Waals surface area contributed by atoms with E-state index in [1.165, 1.54) is 31.0 Å². The molecule has 3 aromatic rings. The van der Waals surface area contributed by atoms with Crippen LogP contribution in [-0.4, -0.2) is 80.9 Å². The second-order valence-corrected chi connectivity index (χ2v) is 9.69. The first-order valence-corrected chi connectivity index (χ1v) is 13.1. The molecule has 10 nitrogen and oxygen atoms in total. The van der Waals surface area contributed by atoms with Gasteiger partial charge in [-0.2, -0.15) is 0 Å². The summed E-state index contributed by atoms with van der Waals surface area (Å²) in [6.07, 6.45) is 9.96. The molecular weight excluding hydrogens is 482 g/mol. The molecule has 4 heterocycles. The quantitative estimate of drug-likeness (QED) is 0.511. The van der Waals surface area contributed by atoms with Crippen molar-refractivity contribution in [1.82, 2.24) is 29.7 Å². The van der Waals surface area contributed by atoms with E-state index in [9.17, 15) is 9.59 Å². The van der Waals surface area contributed by atoms with Gasteiger partial charge in [-0.05, 0) is 55.8 Å². The van der Waals surface area contributed by atoms with Crippen molar-refractivity contribution in [1.29, 1.82) is 0 Å². The highest BCUT2D eigenvalue weighted by Crippen LogP contribution is 2.17. The third-order valence-corrected chi connectivity index (χ3v) is 6.89. The van der Waals surface area contributed by atoms with Gasteiger partial charge in [-0.3, -0.25) is 24.6 Å². The van der Waals surface area contributed by atoms with Crippen molar-refractivity contribution < 1.29 is 14.3 Å². The molecule has 2 aliphatic rings. The summed E-state index contributed by atoms with van der Waals surface area (Å²) in [7, 11) is 0. The lowest BCUT2D eigenvalue weighted by molar-refractivity contribution is 0.102. The van der Waals surface area contributed by atoms with E-state index in [0.29, 0.717) is 36.8 Å². The monoisotopic (exact) mass is 515 g/mol. The molecule has 10 heteroatoms. The molecule has 5 rings (SSSR count). The minimum absolute atomic E-state index is 0.230. The number of carbonyl (C=O) groups is 2. The molecule has 0 atom stereocenters. The fraction of sp³-hybridized carbons (Fsp3) is 0.393. The molecular formula is C28H33N7O3. The lowest BCUT2D eigenvalue weighted by atomic mass is 10.1. The molecule has 2 aromatic heterocycles. The molecule has 0 aliphatic carbocycles. The minimum Gasteiger partial charge on any atom is -0.409 e. The summed E-state index contributed by atoms with van der Waals surface area (Å²) in [5, 5.41) is 2.80. The van der Waals surface area contributed by atoms with Crippen LogP contribution in [0.2, 0.25) is 0 Å². The number of hydrogen-bond acceptors (Lipinski definition) is 8. The second-order valence-electron chi connectivity index (χ2n) is 9.69. The standard InChI is InChI=1S/C28H33N7O3/c36-27(23-6-4-22(5-7-23)20-33-12-2-1-3-13-33)32-26-9-8-25(19-31-26)38-28(37)35-16-14-34(15-17-35)21-24-18-29-10-11-30-24/h4-11,18-19H,1-3,12-17,20-21H2,(H,31,32,36). The maximum atomic E-state index is 12.7. The summed E-state index contributed by atoms with van der Waals surface area (Å²) >= 11 is 0. The van der Waals surface area contributed by atoms with E-state index in [4.69, 9.17) is 4.74 Å². The second kappa shape index (κ2) is 12.6. The zero-order chi connectivity index (χ0) is 26.2. The highest BCUT2D eigenvalue weighted by Gasteiger charge is 2.23. The first-order valence-electron chi connectivity index (χ1n) is 13.1. The van der Waals surface area contributed by atoms with Crippen LogP contribution in [0.25, 0.3) is 0 Å². The number of hydrogen-bond donors (Lipinski definition) is 1. The zero-order valence-corrected chi connectivity index (χ0v) is 21.5. The van der Waals surface area contributed by atoms with E-state index in [-0.39, 0.29) is 5.91 Å². The van der Waals surface area contributed by atoms with Crippen LogP contribution >= 0.6 is 0 Å². The molecule has 2 amide bonds. The Balaban J connectivity index is 1.06. The topological polar surface area (TPSA) is 104 Å².